The van der Waals surface area contributed by atoms with Crippen LogP contribution in [-0.2, 0) is 86.1 Å². The number of nitriles is 1. The molecule has 2 aliphatic rings. The number of unbranched alkanes of at least 4 members (excludes halogenated alkanes) is 1. The van der Waals surface area contributed by atoms with Crippen molar-refractivity contribution in [1.29, 1.82) is 5.26 Å². The van der Waals surface area contributed by atoms with E-state index in [4.69, 9.17) is 54.6 Å². The van der Waals surface area contributed by atoms with E-state index in [1.165, 1.54) is 50.4 Å². The van der Waals surface area contributed by atoms with Crippen LogP contribution in [0.4, 0.5) is 11.6 Å². The summed E-state index contributed by atoms with van der Waals surface area (Å²) in [7, 11) is -3.59. The lowest BCUT2D eigenvalue weighted by Crippen LogP contribution is -2.19. The molecule has 0 saturated heterocycles. The highest BCUT2D eigenvalue weighted by Crippen LogP contribution is 2.41. The van der Waals surface area contributed by atoms with Gasteiger partial charge >= 0.3 is 23.9 Å². The van der Waals surface area contributed by atoms with Crippen molar-refractivity contribution in [3.8, 4) is 86.0 Å². The summed E-state index contributed by atoms with van der Waals surface area (Å²) in [6.45, 7) is 17.0. The van der Waals surface area contributed by atoms with Crippen LogP contribution < -0.4 is 47.3 Å². The van der Waals surface area contributed by atoms with Gasteiger partial charge in [-0.1, -0.05) is 174 Å². The molecular formula is C103H103ClN10O20S2. The smallest absolute Gasteiger partial charge is 0.349 e. The largest absolute Gasteiger partial charge is 0.496 e. The second-order valence-corrected chi connectivity index (χ2v) is 36.9. The van der Waals surface area contributed by atoms with E-state index in [0.717, 1.165) is 82.7 Å². The van der Waals surface area contributed by atoms with Gasteiger partial charge in [0.15, 0.2) is 11.5 Å². The van der Waals surface area contributed by atoms with Crippen molar-refractivity contribution in [3.63, 3.8) is 0 Å². The molecule has 0 bridgehead atoms. The number of aromatic nitrogens is 7. The first-order valence-electron chi connectivity index (χ1n) is 43.3. The van der Waals surface area contributed by atoms with Crippen molar-refractivity contribution in [1.82, 2.24) is 34.7 Å². The van der Waals surface area contributed by atoms with Gasteiger partial charge in [-0.25, -0.2) is 51.2 Å². The van der Waals surface area contributed by atoms with E-state index in [-0.39, 0.29) is 75.3 Å². The van der Waals surface area contributed by atoms with Gasteiger partial charge in [-0.2, -0.15) is 10.4 Å². The number of benzene rings is 9. The maximum atomic E-state index is 13.1. The van der Waals surface area contributed by atoms with E-state index in [1.807, 2.05) is 84.4 Å². The molecule has 6 heterocycles. The normalized spacial score (nSPS) is 12.4. The summed E-state index contributed by atoms with van der Waals surface area (Å²) < 4.78 is 104. The zero-order valence-corrected chi connectivity index (χ0v) is 79.1. The molecule has 0 fully saturated rings. The third-order valence-electron chi connectivity index (χ3n) is 21.7. The first-order valence-corrected chi connectivity index (χ1v) is 46.7. The first-order chi connectivity index (χ1) is 65.1. The molecule has 30 nitrogen and oxygen atoms in total. The maximum absolute atomic E-state index is 13.1. The Bertz CT molecular complexity index is 6840. The molecule has 13 aromatic rings. The second-order valence-electron chi connectivity index (χ2n) is 33.1. The van der Waals surface area contributed by atoms with Gasteiger partial charge in [0.2, 0.25) is 24.5 Å². The van der Waals surface area contributed by atoms with E-state index in [1.54, 1.807) is 156 Å². The minimum atomic E-state index is -3.99. The molecule has 6 N–H and O–H groups in total. The number of methoxy groups -OCH3 is 3. The number of aromatic carboxylic acids is 1. The van der Waals surface area contributed by atoms with Crippen LogP contribution in [0, 0.1) is 43.4 Å². The monoisotopic (exact) mass is 1900 g/mol. The number of rotatable bonds is 34. The van der Waals surface area contributed by atoms with Crippen LogP contribution in [-0.4, -0.2) is 131 Å². The first kappa shape index (κ1) is 99.8. The summed E-state index contributed by atoms with van der Waals surface area (Å²) in [4.78, 5) is 68.3. The fraction of sp³-hybridized carbons (Fsp3) is 0.252. The third-order valence-corrected chi connectivity index (χ3v) is 24.7. The fourth-order valence-electron chi connectivity index (χ4n) is 14.9. The highest BCUT2D eigenvalue weighted by Gasteiger charge is 2.30. The zero-order chi connectivity index (χ0) is 97.5. The third kappa shape index (κ3) is 26.0. The lowest BCUT2D eigenvalue weighted by atomic mass is 9.88. The van der Waals surface area contributed by atoms with Crippen molar-refractivity contribution >= 4 is 73.2 Å². The Morgan fingerprint density at radius 2 is 1.24 bits per heavy atom. The number of nitrogens with one attached hydrogen (secondary N) is 2. The summed E-state index contributed by atoms with van der Waals surface area (Å²) in [5.41, 5.74) is 13.8. The number of sulfonamides is 2. The molecule has 0 aliphatic carbocycles. The average Bonchev–Trinajstić information content (AvgIpc) is 1.75. The van der Waals surface area contributed by atoms with Gasteiger partial charge in [-0.05, 0) is 177 Å². The van der Waals surface area contributed by atoms with Crippen LogP contribution in [0.3, 0.4) is 0 Å². The van der Waals surface area contributed by atoms with E-state index in [0.29, 0.717) is 110 Å². The zero-order valence-electron chi connectivity index (χ0n) is 76.7. The van der Waals surface area contributed by atoms with Crippen LogP contribution in [0.1, 0.15) is 137 Å². The topological polar surface area (TPSA) is 421 Å². The van der Waals surface area contributed by atoms with E-state index in [2.05, 4.69) is 73.2 Å². The standard InChI is InChI=1S/C34H33ClN2O7.C25H21NO5.C22H26N4O3S.C22H23N3O5S/c1-3-4-12-37-32(28-10-9-26(35)18-31(28)44-20-22-7-5-6-8-27(22)34(40)41)25(19-36-37)15-24(33(38)39)14-23-17-30-21(11-13-43-30)16-29(23)42-2;1-16-4-2-3-5-20(16)24(25(27)28)31-22-12-17(8-10-19(22)14-26)6-7-18-9-11-21-23(13-18)30-15-29-21;1-15-14-24-20(21(25-15)29-5)26-30(27,28)18-7-6-12-23-19(18)17-10-8-16(9-11-17)13-22(2,3)4;1-14(22(26)27)12-16-8-10-17(11-9-16)18-6-4-5-7-19(18)31(28,29)25-20-21(30-3)24-15(2)13-23-20/h5-10,15-19H,3-4,11-14,20H2,1-2H3,(H,38,39)(H,40,41);2-5,8-13,24H,6-7,15H2,1H3,(H,27,28);6-12,14H,13H2,1-5H3,(H,24,26);4-11,13-14H,12H2,1-3H3,(H,23,25)(H,26,27)/b24-15+;;;/t;24-;;/m.0../s1. The van der Waals surface area contributed by atoms with Gasteiger partial charge in [0.05, 0.1) is 91.2 Å². The number of ether oxygens (including phenoxy) is 8. The summed E-state index contributed by atoms with van der Waals surface area (Å²) in [6.07, 6.45) is 12.0. The van der Waals surface area contributed by atoms with E-state index >= 15 is 0 Å². The molecule has 9 aromatic carbocycles. The number of halogens is 1. The molecule has 0 radical (unpaired) electrons. The molecule has 1 unspecified atom stereocenters. The summed E-state index contributed by atoms with van der Waals surface area (Å²) in [5.74, 6) is -0.863. The Morgan fingerprint density at radius 1 is 0.618 bits per heavy atom. The van der Waals surface area contributed by atoms with Gasteiger partial charge in [0.1, 0.15) is 40.6 Å². The number of pyridine rings is 1. The maximum Gasteiger partial charge on any atom is 0.349 e. The Labute approximate surface area is 793 Å². The van der Waals surface area contributed by atoms with Crippen LogP contribution in [0.25, 0.3) is 39.7 Å². The van der Waals surface area contributed by atoms with Crippen molar-refractivity contribution in [2.75, 3.05) is 44.2 Å². The lowest BCUT2D eigenvalue weighted by Gasteiger charge is -2.18. The molecule has 136 heavy (non-hydrogen) atoms. The van der Waals surface area contributed by atoms with Crippen LogP contribution in [0.15, 0.2) is 240 Å². The van der Waals surface area contributed by atoms with Crippen molar-refractivity contribution in [3.05, 3.63) is 314 Å². The number of hydrogen-bond acceptors (Lipinski definition) is 23. The van der Waals surface area contributed by atoms with Crippen molar-refractivity contribution in [2.45, 2.75) is 136 Å². The van der Waals surface area contributed by atoms with Gasteiger partial charge in [-0.15, -0.1) is 0 Å². The molecular weight excluding hydrogens is 1800 g/mol. The van der Waals surface area contributed by atoms with Gasteiger partial charge < -0.3 is 58.3 Å². The molecule has 2 atom stereocenters. The van der Waals surface area contributed by atoms with E-state index < -0.39 is 55.9 Å². The number of aliphatic carboxylic acids is 3. The quantitative estimate of drug-likeness (QED) is 0.0204. The molecule has 4 aromatic heterocycles. The lowest BCUT2D eigenvalue weighted by molar-refractivity contribution is -0.145. The Balaban J connectivity index is 0.000000165. The minimum absolute atomic E-state index is 0.000842. The number of carboxylic acids is 4. The second kappa shape index (κ2) is 45.5. The number of carbonyl (C=O) groups is 4. The Hall–Kier alpha value is -15.2. The van der Waals surface area contributed by atoms with Crippen LogP contribution in [0.5, 0.6) is 46.3 Å². The molecule has 0 amide bonds. The predicted molar refractivity (Wildman–Crippen MR) is 514 cm³/mol. The molecule has 2 aliphatic heterocycles. The Morgan fingerprint density at radius 3 is 1.89 bits per heavy atom. The Kier molecular flexibility index (Phi) is 33.4. The van der Waals surface area contributed by atoms with E-state index in [9.17, 15) is 56.6 Å². The minimum Gasteiger partial charge on any atom is -0.496 e. The van der Waals surface area contributed by atoms with Crippen molar-refractivity contribution in [2.24, 2.45) is 11.3 Å². The highest BCUT2D eigenvalue weighted by molar-refractivity contribution is 7.93. The molecule has 0 spiro atoms. The molecule has 33 heteroatoms. The fourth-order valence-corrected chi connectivity index (χ4v) is 17.5. The van der Waals surface area contributed by atoms with Crippen molar-refractivity contribution < 1.29 is 94.3 Å². The SMILES string of the molecule is CCCCn1ncc(/C=C(\Cc2cc3c(cc2OC)CCO3)C(=O)O)c1-c1ccc(Cl)cc1OCc1ccccc1C(=O)O.COc1nc(C)cnc1NS(=O)(=O)c1ccccc1-c1ccc(CC(C)C(=O)O)cc1.COc1nc(C)cnc1NS(=O)(=O)c1cccnc1-c1ccc(CC(C)(C)C)cc1.Cc1ccccc1[C@H](Oc1cc(CCc2ccc3c(c2)OCO3)ccc1C#N)C(=O)O. The predicted octanol–water partition coefficient (Wildman–Crippen LogP) is 19.3. The average molecular weight is 1900 g/mol. The number of nitrogens with zero attached hydrogens (tertiary/aromatic N) is 8. The van der Waals surface area contributed by atoms with Crippen LogP contribution in [0.2, 0.25) is 5.02 Å². The molecule has 0 saturated carbocycles. The van der Waals surface area contributed by atoms with Gasteiger partial charge in [0.25, 0.3) is 31.8 Å². The molecule has 15 rings (SSSR count). The number of anilines is 2. The summed E-state index contributed by atoms with van der Waals surface area (Å²) in [6, 6.07) is 60.7. The number of fused-ring (bicyclic) bond motifs is 2. The van der Waals surface area contributed by atoms with Gasteiger partial charge in [-0.3, -0.25) is 23.9 Å². The van der Waals surface area contributed by atoms with Crippen LogP contribution >= 0.6 is 11.6 Å². The number of aryl methyl sites for hydroxylation is 6. The number of hydrogen-bond donors (Lipinski definition) is 6. The summed E-state index contributed by atoms with van der Waals surface area (Å²) >= 11 is 6.38. The highest BCUT2D eigenvalue weighted by atomic mass is 35.5. The number of carboxylic acid groups (broad SMARTS) is 4. The molecule has 704 valence electrons. The van der Waals surface area contributed by atoms with Gasteiger partial charge in [0, 0.05) is 80.7 Å². The summed E-state index contributed by atoms with van der Waals surface area (Å²) in [5, 5.41) is 53.3.